The van der Waals surface area contributed by atoms with Gasteiger partial charge in [-0.25, -0.2) is 4.98 Å². The lowest BCUT2D eigenvalue weighted by molar-refractivity contribution is -0.137. The summed E-state index contributed by atoms with van der Waals surface area (Å²) in [5.74, 6) is -0.574. The number of hydrogen-bond acceptors (Lipinski definition) is 3. The molecule has 0 radical (unpaired) electrons. The van der Waals surface area contributed by atoms with Crippen molar-refractivity contribution in [3.63, 3.8) is 0 Å². The Hall–Kier alpha value is -3.35. The monoisotopic (exact) mass is 385 g/mol. The van der Waals surface area contributed by atoms with Crippen LogP contribution in [0.3, 0.4) is 0 Å². The van der Waals surface area contributed by atoms with Crippen LogP contribution in [0.2, 0.25) is 0 Å². The predicted molar refractivity (Wildman–Crippen MR) is 102 cm³/mol. The normalized spacial score (nSPS) is 11.1. The van der Waals surface area contributed by atoms with Crippen molar-refractivity contribution in [3.8, 4) is 0 Å². The minimum atomic E-state index is -4.47. The quantitative estimate of drug-likeness (QED) is 0.627. The molecule has 0 aliphatic rings. The lowest BCUT2D eigenvalue weighted by Gasteiger charge is -2.10. The van der Waals surface area contributed by atoms with E-state index in [2.05, 4.69) is 15.6 Å². The predicted octanol–water partition coefficient (Wildman–Crippen LogP) is 5.01. The van der Waals surface area contributed by atoms with Gasteiger partial charge in [-0.1, -0.05) is 36.4 Å². The van der Waals surface area contributed by atoms with Gasteiger partial charge < -0.3 is 10.6 Å². The van der Waals surface area contributed by atoms with Crippen LogP contribution in [0.1, 0.15) is 21.6 Å². The molecule has 144 valence electrons. The van der Waals surface area contributed by atoms with Crippen LogP contribution < -0.4 is 10.6 Å². The van der Waals surface area contributed by atoms with E-state index in [0.29, 0.717) is 6.54 Å². The summed E-state index contributed by atoms with van der Waals surface area (Å²) in [7, 11) is 0. The van der Waals surface area contributed by atoms with E-state index in [1.54, 1.807) is 6.07 Å². The smallest absolute Gasteiger partial charge is 0.383 e. The molecule has 1 heterocycles. The molecule has 0 aliphatic heterocycles. The number of nitrogens with zero attached hydrogens (tertiary/aromatic N) is 1. The number of amides is 1. The van der Waals surface area contributed by atoms with E-state index in [-0.39, 0.29) is 11.4 Å². The largest absolute Gasteiger partial charge is 0.416 e. The zero-order valence-corrected chi connectivity index (χ0v) is 14.8. The third kappa shape index (κ3) is 5.33. The minimum absolute atomic E-state index is 0.0617. The zero-order chi connectivity index (χ0) is 20.0. The van der Waals surface area contributed by atoms with Crippen LogP contribution in [-0.2, 0) is 12.6 Å². The third-order valence-corrected chi connectivity index (χ3v) is 4.03. The van der Waals surface area contributed by atoms with Gasteiger partial charge >= 0.3 is 6.18 Å². The number of hydrogen-bond donors (Lipinski definition) is 2. The summed E-state index contributed by atoms with van der Waals surface area (Å²) < 4.78 is 38.3. The van der Waals surface area contributed by atoms with Crippen molar-refractivity contribution in [3.05, 3.63) is 89.7 Å². The Morgan fingerprint density at radius 3 is 2.39 bits per heavy atom. The first kappa shape index (κ1) is 19.4. The molecule has 1 amide bonds. The molecular formula is C21H18F3N3O. The average molecular weight is 385 g/mol. The molecule has 28 heavy (non-hydrogen) atoms. The molecule has 1 aromatic heterocycles. The Balaban J connectivity index is 1.56. The third-order valence-electron chi connectivity index (χ3n) is 4.03. The standard InChI is InChI=1S/C21H18F3N3O/c22-21(23,24)16-7-4-8-17(13-16)27-20(28)19-10-9-18(14-26-19)25-12-11-15-5-2-1-3-6-15/h1-10,13-14,25H,11-12H2,(H,27,28). The molecule has 2 N–H and O–H groups in total. The number of alkyl halides is 3. The van der Waals surface area contributed by atoms with Gasteiger partial charge in [0.1, 0.15) is 5.69 Å². The Kier molecular flexibility index (Phi) is 5.93. The molecule has 0 aliphatic carbocycles. The van der Waals surface area contributed by atoms with Gasteiger partial charge in [0.25, 0.3) is 5.91 Å². The number of pyridine rings is 1. The van der Waals surface area contributed by atoms with E-state index in [9.17, 15) is 18.0 Å². The number of halogens is 3. The molecule has 7 heteroatoms. The maximum Gasteiger partial charge on any atom is 0.416 e. The fourth-order valence-corrected chi connectivity index (χ4v) is 2.60. The van der Waals surface area contributed by atoms with Gasteiger partial charge in [-0.3, -0.25) is 4.79 Å². The minimum Gasteiger partial charge on any atom is -0.383 e. The van der Waals surface area contributed by atoms with Gasteiger partial charge in [0, 0.05) is 12.2 Å². The zero-order valence-electron chi connectivity index (χ0n) is 14.8. The van der Waals surface area contributed by atoms with Crippen molar-refractivity contribution in [2.45, 2.75) is 12.6 Å². The molecule has 0 saturated carbocycles. The number of nitrogens with one attached hydrogen (secondary N) is 2. The van der Waals surface area contributed by atoms with Crippen molar-refractivity contribution >= 4 is 17.3 Å². The van der Waals surface area contributed by atoms with Crippen LogP contribution in [-0.4, -0.2) is 17.4 Å². The van der Waals surface area contributed by atoms with Crippen molar-refractivity contribution in [1.82, 2.24) is 4.98 Å². The number of carbonyl (C=O) groups excluding carboxylic acids is 1. The van der Waals surface area contributed by atoms with Crippen LogP contribution >= 0.6 is 0 Å². The lowest BCUT2D eigenvalue weighted by atomic mass is 10.1. The molecule has 0 atom stereocenters. The second-order valence-electron chi connectivity index (χ2n) is 6.13. The highest BCUT2D eigenvalue weighted by Gasteiger charge is 2.30. The van der Waals surface area contributed by atoms with E-state index < -0.39 is 17.6 Å². The van der Waals surface area contributed by atoms with Gasteiger partial charge in [0.15, 0.2) is 0 Å². The Morgan fingerprint density at radius 1 is 0.929 bits per heavy atom. The molecule has 0 bridgehead atoms. The van der Waals surface area contributed by atoms with Crippen LogP contribution in [0.5, 0.6) is 0 Å². The molecule has 0 spiro atoms. The summed E-state index contributed by atoms with van der Waals surface area (Å²) in [6.45, 7) is 0.710. The van der Waals surface area contributed by atoms with E-state index in [4.69, 9.17) is 0 Å². The van der Waals surface area contributed by atoms with E-state index in [0.717, 1.165) is 24.2 Å². The van der Waals surface area contributed by atoms with Gasteiger partial charge in [-0.2, -0.15) is 13.2 Å². The van der Waals surface area contributed by atoms with Gasteiger partial charge in [0.2, 0.25) is 0 Å². The summed E-state index contributed by atoms with van der Waals surface area (Å²) in [6, 6.07) is 17.7. The number of rotatable bonds is 6. The molecular weight excluding hydrogens is 367 g/mol. The molecule has 0 saturated heterocycles. The average Bonchev–Trinajstić information content (AvgIpc) is 2.69. The highest BCUT2D eigenvalue weighted by Crippen LogP contribution is 2.30. The number of aromatic nitrogens is 1. The number of anilines is 2. The molecule has 4 nitrogen and oxygen atoms in total. The highest BCUT2D eigenvalue weighted by molar-refractivity contribution is 6.03. The summed E-state index contributed by atoms with van der Waals surface area (Å²) in [5, 5.41) is 5.65. The van der Waals surface area contributed by atoms with Gasteiger partial charge in [-0.15, -0.1) is 0 Å². The first-order valence-electron chi connectivity index (χ1n) is 8.64. The highest BCUT2D eigenvalue weighted by atomic mass is 19.4. The van der Waals surface area contributed by atoms with Crippen molar-refractivity contribution in [1.29, 1.82) is 0 Å². The van der Waals surface area contributed by atoms with Crippen LogP contribution in [0, 0.1) is 0 Å². The van der Waals surface area contributed by atoms with Crippen molar-refractivity contribution in [2.75, 3.05) is 17.2 Å². The molecule has 2 aromatic carbocycles. The molecule has 0 fully saturated rings. The van der Waals surface area contributed by atoms with Crippen LogP contribution in [0.25, 0.3) is 0 Å². The van der Waals surface area contributed by atoms with Crippen molar-refractivity contribution in [2.24, 2.45) is 0 Å². The summed E-state index contributed by atoms with van der Waals surface area (Å²) >= 11 is 0. The van der Waals surface area contributed by atoms with Crippen LogP contribution in [0.4, 0.5) is 24.5 Å². The topological polar surface area (TPSA) is 54.0 Å². The van der Waals surface area contributed by atoms with Gasteiger partial charge in [-0.05, 0) is 42.3 Å². The maximum atomic E-state index is 12.8. The van der Waals surface area contributed by atoms with Crippen molar-refractivity contribution < 1.29 is 18.0 Å². The summed E-state index contributed by atoms with van der Waals surface area (Å²) in [4.78, 5) is 16.3. The Bertz CT molecular complexity index is 926. The van der Waals surface area contributed by atoms with E-state index in [1.807, 2.05) is 30.3 Å². The fourth-order valence-electron chi connectivity index (χ4n) is 2.60. The summed E-state index contributed by atoms with van der Waals surface area (Å²) in [5.41, 5.74) is 1.32. The first-order valence-corrected chi connectivity index (χ1v) is 8.64. The Morgan fingerprint density at radius 2 is 1.71 bits per heavy atom. The first-order chi connectivity index (χ1) is 13.4. The SMILES string of the molecule is O=C(Nc1cccc(C(F)(F)F)c1)c1ccc(NCCc2ccccc2)cn1. The van der Waals surface area contributed by atoms with E-state index >= 15 is 0 Å². The Labute approximate surface area is 160 Å². The molecule has 3 aromatic rings. The second-order valence-corrected chi connectivity index (χ2v) is 6.13. The van der Waals surface area contributed by atoms with E-state index in [1.165, 1.54) is 30.0 Å². The maximum absolute atomic E-state index is 12.8. The van der Waals surface area contributed by atoms with Crippen LogP contribution in [0.15, 0.2) is 72.9 Å². The number of benzene rings is 2. The fraction of sp³-hybridized carbons (Fsp3) is 0.143. The molecule has 0 unspecified atom stereocenters. The summed E-state index contributed by atoms with van der Waals surface area (Å²) in [6.07, 6.45) is -2.10. The molecule has 3 rings (SSSR count). The second kappa shape index (κ2) is 8.56. The lowest BCUT2D eigenvalue weighted by Crippen LogP contribution is -2.15. The number of carbonyl (C=O) groups is 1. The van der Waals surface area contributed by atoms with Gasteiger partial charge in [0.05, 0.1) is 17.4 Å².